The van der Waals surface area contributed by atoms with E-state index in [-0.39, 0.29) is 0 Å². The minimum Gasteiger partial charge on any atom is -0.330 e. The fourth-order valence-corrected chi connectivity index (χ4v) is 2.40. The van der Waals surface area contributed by atoms with Gasteiger partial charge in [0.1, 0.15) is 0 Å². The number of hydrogen-bond acceptors (Lipinski definition) is 1. The van der Waals surface area contributed by atoms with Gasteiger partial charge in [0, 0.05) is 8.95 Å². The molecule has 1 nitrogen and oxygen atoms in total. The summed E-state index contributed by atoms with van der Waals surface area (Å²) in [6, 6.07) is 6.34. The van der Waals surface area contributed by atoms with E-state index in [1.54, 1.807) is 0 Å². The van der Waals surface area contributed by atoms with E-state index in [9.17, 15) is 0 Å². The molecule has 0 amide bonds. The maximum absolute atomic E-state index is 5.45. The highest BCUT2D eigenvalue weighted by molar-refractivity contribution is 9.11. The molecule has 0 radical (unpaired) electrons. The van der Waals surface area contributed by atoms with E-state index in [0.29, 0.717) is 0 Å². The molecular formula is C12H17Br2N. The Morgan fingerprint density at radius 2 is 1.73 bits per heavy atom. The Hall–Kier alpha value is 0.140. The molecule has 3 heteroatoms. The molecule has 0 unspecified atom stereocenters. The van der Waals surface area contributed by atoms with Crippen molar-refractivity contribution in [2.75, 3.05) is 6.54 Å². The summed E-state index contributed by atoms with van der Waals surface area (Å²) in [6.45, 7) is 0.820. The molecule has 0 aliphatic heterocycles. The Bertz CT molecular complexity index is 300. The quantitative estimate of drug-likeness (QED) is 0.772. The first-order chi connectivity index (χ1) is 7.24. The number of benzene rings is 1. The van der Waals surface area contributed by atoms with E-state index in [0.717, 1.165) is 23.9 Å². The van der Waals surface area contributed by atoms with Gasteiger partial charge in [0.25, 0.3) is 0 Å². The third-order valence-electron chi connectivity index (χ3n) is 2.41. The lowest BCUT2D eigenvalue weighted by molar-refractivity contribution is 0.646. The van der Waals surface area contributed by atoms with Crippen molar-refractivity contribution in [3.8, 4) is 0 Å². The maximum Gasteiger partial charge on any atom is 0.0208 e. The standard InChI is InChI=1S/C12H17Br2N/c13-11-6-7-12(14)10(9-11)5-3-1-2-4-8-15/h6-7,9H,1-5,8,15H2. The van der Waals surface area contributed by atoms with Gasteiger partial charge in [-0.3, -0.25) is 0 Å². The normalized spacial score (nSPS) is 10.6. The van der Waals surface area contributed by atoms with Crippen LogP contribution in [-0.4, -0.2) is 6.54 Å². The number of hydrogen-bond donors (Lipinski definition) is 1. The molecule has 1 aromatic carbocycles. The van der Waals surface area contributed by atoms with Gasteiger partial charge in [0.15, 0.2) is 0 Å². The molecular weight excluding hydrogens is 318 g/mol. The molecule has 0 spiro atoms. The zero-order valence-corrected chi connectivity index (χ0v) is 12.0. The molecule has 0 aromatic heterocycles. The second kappa shape index (κ2) is 7.42. The lowest BCUT2D eigenvalue weighted by Crippen LogP contribution is -1.97. The molecule has 1 aromatic rings. The van der Waals surface area contributed by atoms with Crippen LogP contribution in [0.2, 0.25) is 0 Å². The molecule has 84 valence electrons. The summed E-state index contributed by atoms with van der Waals surface area (Å²) in [5.74, 6) is 0. The van der Waals surface area contributed by atoms with Crippen LogP contribution in [0.25, 0.3) is 0 Å². The third kappa shape index (κ3) is 5.14. The van der Waals surface area contributed by atoms with Crippen molar-refractivity contribution < 1.29 is 0 Å². The maximum atomic E-state index is 5.45. The summed E-state index contributed by atoms with van der Waals surface area (Å²) in [4.78, 5) is 0. The summed E-state index contributed by atoms with van der Waals surface area (Å²) in [7, 11) is 0. The minimum absolute atomic E-state index is 0.820. The molecule has 0 saturated carbocycles. The van der Waals surface area contributed by atoms with Gasteiger partial charge in [-0.2, -0.15) is 0 Å². The predicted molar refractivity (Wildman–Crippen MR) is 73.1 cm³/mol. The highest BCUT2D eigenvalue weighted by atomic mass is 79.9. The Morgan fingerprint density at radius 1 is 1.00 bits per heavy atom. The van der Waals surface area contributed by atoms with Gasteiger partial charge in [0.05, 0.1) is 0 Å². The van der Waals surface area contributed by atoms with Gasteiger partial charge < -0.3 is 5.73 Å². The smallest absolute Gasteiger partial charge is 0.0208 e. The first kappa shape index (κ1) is 13.2. The lowest BCUT2D eigenvalue weighted by Gasteiger charge is -2.05. The Labute approximate surface area is 109 Å². The van der Waals surface area contributed by atoms with Crippen molar-refractivity contribution in [2.24, 2.45) is 5.73 Å². The second-order valence-corrected chi connectivity index (χ2v) is 5.46. The molecule has 0 bridgehead atoms. The number of unbranched alkanes of at least 4 members (excludes halogenated alkanes) is 3. The van der Waals surface area contributed by atoms with Crippen molar-refractivity contribution in [1.82, 2.24) is 0 Å². The number of nitrogens with two attached hydrogens (primary N) is 1. The Kier molecular flexibility index (Phi) is 6.53. The van der Waals surface area contributed by atoms with Crippen LogP contribution in [-0.2, 0) is 6.42 Å². The van der Waals surface area contributed by atoms with Crippen LogP contribution in [0.5, 0.6) is 0 Å². The summed E-state index contributed by atoms with van der Waals surface area (Å²) in [5.41, 5.74) is 6.84. The molecule has 2 N–H and O–H groups in total. The molecule has 0 aliphatic carbocycles. The monoisotopic (exact) mass is 333 g/mol. The van der Waals surface area contributed by atoms with Gasteiger partial charge in [0.2, 0.25) is 0 Å². The number of aryl methyl sites for hydroxylation is 1. The van der Waals surface area contributed by atoms with Crippen molar-refractivity contribution in [3.63, 3.8) is 0 Å². The van der Waals surface area contributed by atoms with E-state index in [4.69, 9.17) is 5.73 Å². The lowest BCUT2D eigenvalue weighted by atomic mass is 10.1. The highest BCUT2D eigenvalue weighted by Crippen LogP contribution is 2.23. The van der Waals surface area contributed by atoms with Crippen LogP contribution in [0, 0.1) is 0 Å². The fraction of sp³-hybridized carbons (Fsp3) is 0.500. The Morgan fingerprint density at radius 3 is 2.47 bits per heavy atom. The Balaban J connectivity index is 2.33. The summed E-state index contributed by atoms with van der Waals surface area (Å²) >= 11 is 7.07. The average Bonchev–Trinajstić information content (AvgIpc) is 2.23. The van der Waals surface area contributed by atoms with Crippen LogP contribution in [0.15, 0.2) is 27.1 Å². The van der Waals surface area contributed by atoms with Gasteiger partial charge in [-0.1, -0.05) is 44.7 Å². The van der Waals surface area contributed by atoms with E-state index in [1.165, 1.54) is 29.3 Å². The predicted octanol–water partition coefficient (Wildman–Crippen LogP) is 4.27. The van der Waals surface area contributed by atoms with Gasteiger partial charge in [-0.15, -0.1) is 0 Å². The molecule has 0 aliphatic rings. The SMILES string of the molecule is NCCCCCCc1cc(Br)ccc1Br. The molecule has 0 atom stereocenters. The topological polar surface area (TPSA) is 26.0 Å². The van der Waals surface area contributed by atoms with Crippen molar-refractivity contribution in [2.45, 2.75) is 32.1 Å². The van der Waals surface area contributed by atoms with E-state index < -0.39 is 0 Å². The zero-order valence-electron chi connectivity index (χ0n) is 8.81. The van der Waals surface area contributed by atoms with Crippen molar-refractivity contribution >= 4 is 31.9 Å². The minimum atomic E-state index is 0.820. The van der Waals surface area contributed by atoms with Crippen LogP contribution in [0.4, 0.5) is 0 Å². The van der Waals surface area contributed by atoms with Gasteiger partial charge in [-0.05, 0) is 49.6 Å². The molecule has 0 fully saturated rings. The number of halogens is 2. The summed E-state index contributed by atoms with van der Waals surface area (Å²) < 4.78 is 2.37. The molecule has 1 rings (SSSR count). The summed E-state index contributed by atoms with van der Waals surface area (Å²) in [6.07, 6.45) is 6.07. The first-order valence-corrected chi connectivity index (χ1v) is 6.96. The van der Waals surface area contributed by atoms with Crippen LogP contribution in [0.3, 0.4) is 0 Å². The first-order valence-electron chi connectivity index (χ1n) is 5.38. The fourth-order valence-electron chi connectivity index (χ4n) is 1.55. The van der Waals surface area contributed by atoms with Crippen LogP contribution < -0.4 is 5.73 Å². The summed E-state index contributed by atoms with van der Waals surface area (Å²) in [5, 5.41) is 0. The van der Waals surface area contributed by atoms with Crippen LogP contribution >= 0.6 is 31.9 Å². The molecule has 0 saturated heterocycles. The molecule has 0 heterocycles. The second-order valence-electron chi connectivity index (χ2n) is 3.69. The average molecular weight is 335 g/mol. The van der Waals surface area contributed by atoms with E-state index in [1.807, 2.05) is 0 Å². The largest absolute Gasteiger partial charge is 0.330 e. The number of rotatable bonds is 6. The van der Waals surface area contributed by atoms with E-state index in [2.05, 4.69) is 50.1 Å². The van der Waals surface area contributed by atoms with Gasteiger partial charge in [-0.25, -0.2) is 0 Å². The van der Waals surface area contributed by atoms with Crippen molar-refractivity contribution in [1.29, 1.82) is 0 Å². The molecule has 15 heavy (non-hydrogen) atoms. The zero-order chi connectivity index (χ0) is 11.1. The van der Waals surface area contributed by atoms with Gasteiger partial charge >= 0.3 is 0 Å². The van der Waals surface area contributed by atoms with E-state index >= 15 is 0 Å². The van der Waals surface area contributed by atoms with Crippen LogP contribution in [0.1, 0.15) is 31.2 Å². The van der Waals surface area contributed by atoms with Crippen molar-refractivity contribution in [3.05, 3.63) is 32.7 Å². The third-order valence-corrected chi connectivity index (χ3v) is 3.67. The highest BCUT2D eigenvalue weighted by Gasteiger charge is 2.00.